The summed E-state index contributed by atoms with van der Waals surface area (Å²) in [5, 5.41) is 8.82. The van der Waals surface area contributed by atoms with Crippen molar-refractivity contribution in [2.24, 2.45) is 0 Å². The SMILES string of the molecule is Cc1c(C(C)C)oc2ncc(C(=O)O)nc12. The zero-order chi connectivity index (χ0) is 11.9. The lowest BCUT2D eigenvalue weighted by atomic mass is 10.1. The van der Waals surface area contributed by atoms with Gasteiger partial charge >= 0.3 is 5.97 Å². The molecule has 2 heterocycles. The van der Waals surface area contributed by atoms with Gasteiger partial charge < -0.3 is 9.52 Å². The number of nitrogens with zero attached hydrogens (tertiary/aromatic N) is 2. The standard InChI is InChI=1S/C11H12N2O3/c1-5(2)9-6(3)8-10(16-9)12-4-7(13-8)11(14)15/h4-5H,1-3H3,(H,14,15). The summed E-state index contributed by atoms with van der Waals surface area (Å²) in [6.07, 6.45) is 1.21. The van der Waals surface area contributed by atoms with Crippen molar-refractivity contribution in [3.05, 3.63) is 23.2 Å². The fourth-order valence-corrected chi connectivity index (χ4v) is 1.65. The first-order chi connectivity index (χ1) is 7.50. The third-order valence-corrected chi connectivity index (χ3v) is 2.41. The third kappa shape index (κ3) is 1.54. The summed E-state index contributed by atoms with van der Waals surface area (Å²) < 4.78 is 5.53. The normalized spacial score (nSPS) is 11.2. The molecule has 0 radical (unpaired) electrons. The summed E-state index contributed by atoms with van der Waals surface area (Å²) in [7, 11) is 0. The number of aromatic nitrogens is 2. The molecule has 5 heteroatoms. The number of aromatic carboxylic acids is 1. The van der Waals surface area contributed by atoms with Gasteiger partial charge in [0, 0.05) is 11.5 Å². The molecule has 84 valence electrons. The van der Waals surface area contributed by atoms with E-state index in [1.807, 2.05) is 20.8 Å². The van der Waals surface area contributed by atoms with Crippen LogP contribution in [-0.2, 0) is 0 Å². The van der Waals surface area contributed by atoms with Gasteiger partial charge in [0.15, 0.2) is 5.69 Å². The molecule has 0 atom stereocenters. The maximum absolute atomic E-state index is 10.8. The molecular formula is C11H12N2O3. The fourth-order valence-electron chi connectivity index (χ4n) is 1.65. The Balaban J connectivity index is 2.69. The first-order valence-electron chi connectivity index (χ1n) is 5.00. The molecule has 0 fully saturated rings. The van der Waals surface area contributed by atoms with Crippen LogP contribution < -0.4 is 0 Å². The minimum Gasteiger partial charge on any atom is -0.476 e. The smallest absolute Gasteiger partial charge is 0.356 e. The van der Waals surface area contributed by atoms with Gasteiger partial charge in [0.25, 0.3) is 0 Å². The summed E-state index contributed by atoms with van der Waals surface area (Å²) in [4.78, 5) is 18.7. The Hall–Kier alpha value is -1.91. The molecule has 0 aliphatic heterocycles. The number of carboxylic acid groups (broad SMARTS) is 1. The number of hydrogen-bond acceptors (Lipinski definition) is 4. The number of rotatable bonds is 2. The van der Waals surface area contributed by atoms with Gasteiger partial charge in [-0.2, -0.15) is 0 Å². The van der Waals surface area contributed by atoms with E-state index in [0.717, 1.165) is 11.3 Å². The molecule has 0 aromatic carbocycles. The topological polar surface area (TPSA) is 76.2 Å². The van der Waals surface area contributed by atoms with Crippen LogP contribution in [-0.4, -0.2) is 21.0 Å². The second kappa shape index (κ2) is 3.59. The van der Waals surface area contributed by atoms with Crippen LogP contribution in [0.2, 0.25) is 0 Å². The van der Waals surface area contributed by atoms with Gasteiger partial charge in [0.05, 0.1) is 6.20 Å². The average Bonchev–Trinajstić information content (AvgIpc) is 2.56. The summed E-state index contributed by atoms with van der Waals surface area (Å²) in [6, 6.07) is 0. The molecular weight excluding hydrogens is 208 g/mol. The van der Waals surface area contributed by atoms with Crippen LogP contribution in [0.25, 0.3) is 11.2 Å². The summed E-state index contributed by atoms with van der Waals surface area (Å²) in [5.74, 6) is -0.0529. The lowest BCUT2D eigenvalue weighted by molar-refractivity contribution is 0.0690. The zero-order valence-corrected chi connectivity index (χ0v) is 9.31. The fraction of sp³-hybridized carbons (Fsp3) is 0.364. The average molecular weight is 220 g/mol. The van der Waals surface area contributed by atoms with Gasteiger partial charge in [-0.1, -0.05) is 13.8 Å². The molecule has 0 bridgehead atoms. The van der Waals surface area contributed by atoms with Crippen molar-refractivity contribution in [2.45, 2.75) is 26.7 Å². The zero-order valence-electron chi connectivity index (χ0n) is 9.31. The van der Waals surface area contributed by atoms with E-state index >= 15 is 0 Å². The molecule has 5 nitrogen and oxygen atoms in total. The van der Waals surface area contributed by atoms with Crippen LogP contribution in [0.4, 0.5) is 0 Å². The molecule has 0 saturated carbocycles. The lowest BCUT2D eigenvalue weighted by Crippen LogP contribution is -2.00. The van der Waals surface area contributed by atoms with Crippen LogP contribution in [0.1, 0.15) is 41.6 Å². The minimum atomic E-state index is -1.08. The van der Waals surface area contributed by atoms with Crippen molar-refractivity contribution in [2.75, 3.05) is 0 Å². The number of carboxylic acids is 1. The molecule has 2 rings (SSSR count). The van der Waals surface area contributed by atoms with E-state index in [1.54, 1.807) is 0 Å². The van der Waals surface area contributed by atoms with E-state index in [2.05, 4.69) is 9.97 Å². The van der Waals surface area contributed by atoms with Crippen molar-refractivity contribution >= 4 is 17.2 Å². The van der Waals surface area contributed by atoms with Crippen LogP contribution in [0.15, 0.2) is 10.6 Å². The Morgan fingerprint density at radius 2 is 2.19 bits per heavy atom. The van der Waals surface area contributed by atoms with Gasteiger partial charge in [-0.15, -0.1) is 0 Å². The molecule has 0 amide bonds. The van der Waals surface area contributed by atoms with Crippen molar-refractivity contribution < 1.29 is 14.3 Å². The van der Waals surface area contributed by atoms with E-state index < -0.39 is 5.97 Å². The highest BCUT2D eigenvalue weighted by Crippen LogP contribution is 2.27. The van der Waals surface area contributed by atoms with Gasteiger partial charge in [0.1, 0.15) is 11.3 Å². The number of hydrogen-bond donors (Lipinski definition) is 1. The van der Waals surface area contributed by atoms with Crippen molar-refractivity contribution in [1.82, 2.24) is 9.97 Å². The predicted molar refractivity (Wildman–Crippen MR) is 57.6 cm³/mol. The van der Waals surface area contributed by atoms with Gasteiger partial charge in [-0.25, -0.2) is 14.8 Å². The van der Waals surface area contributed by atoms with E-state index in [4.69, 9.17) is 9.52 Å². The maximum Gasteiger partial charge on any atom is 0.356 e. The first-order valence-corrected chi connectivity index (χ1v) is 5.00. The van der Waals surface area contributed by atoms with Crippen molar-refractivity contribution in [3.8, 4) is 0 Å². The van der Waals surface area contributed by atoms with Crippen LogP contribution in [0.5, 0.6) is 0 Å². The largest absolute Gasteiger partial charge is 0.476 e. The highest BCUT2D eigenvalue weighted by molar-refractivity contribution is 5.87. The first kappa shape index (κ1) is 10.6. The second-order valence-corrected chi connectivity index (χ2v) is 3.96. The molecule has 2 aromatic heterocycles. The van der Waals surface area contributed by atoms with Crippen molar-refractivity contribution in [3.63, 3.8) is 0 Å². The maximum atomic E-state index is 10.8. The number of furan rings is 1. The Bertz CT molecular complexity index is 558. The minimum absolute atomic E-state index is 0.0632. The molecule has 2 aromatic rings. The van der Waals surface area contributed by atoms with E-state index in [9.17, 15) is 4.79 Å². The van der Waals surface area contributed by atoms with Crippen LogP contribution >= 0.6 is 0 Å². The third-order valence-electron chi connectivity index (χ3n) is 2.41. The molecule has 1 N–H and O–H groups in total. The van der Waals surface area contributed by atoms with E-state index in [0.29, 0.717) is 11.2 Å². The Morgan fingerprint density at radius 3 is 2.75 bits per heavy atom. The quantitative estimate of drug-likeness (QED) is 0.840. The molecule has 0 unspecified atom stereocenters. The number of aryl methyl sites for hydroxylation is 1. The van der Waals surface area contributed by atoms with Gasteiger partial charge in [-0.3, -0.25) is 0 Å². The monoisotopic (exact) mass is 220 g/mol. The molecule has 0 spiro atoms. The summed E-state index contributed by atoms with van der Waals surface area (Å²) >= 11 is 0. The second-order valence-electron chi connectivity index (χ2n) is 3.96. The Morgan fingerprint density at radius 1 is 1.50 bits per heavy atom. The molecule has 16 heavy (non-hydrogen) atoms. The number of fused-ring (bicyclic) bond motifs is 1. The highest BCUT2D eigenvalue weighted by atomic mass is 16.4. The lowest BCUT2D eigenvalue weighted by Gasteiger charge is -1.99. The summed E-state index contributed by atoms with van der Waals surface area (Å²) in [6.45, 7) is 5.87. The van der Waals surface area contributed by atoms with Gasteiger partial charge in [0.2, 0.25) is 5.71 Å². The highest BCUT2D eigenvalue weighted by Gasteiger charge is 2.17. The van der Waals surface area contributed by atoms with Gasteiger partial charge in [-0.05, 0) is 6.92 Å². The van der Waals surface area contributed by atoms with Crippen LogP contribution in [0.3, 0.4) is 0 Å². The van der Waals surface area contributed by atoms with E-state index in [-0.39, 0.29) is 11.6 Å². The summed E-state index contributed by atoms with van der Waals surface area (Å²) in [5.41, 5.74) is 1.72. The predicted octanol–water partition coefficient (Wildman–Crippen LogP) is 2.35. The molecule has 0 aliphatic rings. The Labute approximate surface area is 92.1 Å². The number of carbonyl (C=O) groups is 1. The molecule has 0 saturated heterocycles. The molecule has 0 aliphatic carbocycles. The van der Waals surface area contributed by atoms with E-state index in [1.165, 1.54) is 6.20 Å². The van der Waals surface area contributed by atoms with Crippen LogP contribution in [0, 0.1) is 6.92 Å². The Kier molecular flexibility index (Phi) is 2.38. The van der Waals surface area contributed by atoms with Crippen molar-refractivity contribution in [1.29, 1.82) is 0 Å².